The molecule has 2 rings (SSSR count). The Hall–Kier alpha value is -1.20. The predicted octanol–water partition coefficient (Wildman–Crippen LogP) is 2.07. The second-order valence-electron chi connectivity index (χ2n) is 3.89. The zero-order chi connectivity index (χ0) is 12.6. The van der Waals surface area contributed by atoms with Gasteiger partial charge < -0.3 is 10.6 Å². The van der Waals surface area contributed by atoms with Gasteiger partial charge in [-0.3, -0.25) is 4.79 Å². The number of benzene rings is 1. The molecule has 0 heterocycles. The van der Waals surface area contributed by atoms with Gasteiger partial charge in [-0.25, -0.2) is 8.78 Å². The van der Waals surface area contributed by atoms with Crippen molar-refractivity contribution in [2.24, 2.45) is 5.73 Å². The van der Waals surface area contributed by atoms with Gasteiger partial charge in [-0.2, -0.15) is 0 Å². The van der Waals surface area contributed by atoms with E-state index in [-0.39, 0.29) is 18.3 Å². The average molecular weight is 261 g/mol. The molecule has 17 heavy (non-hydrogen) atoms. The molecule has 2 N–H and O–H groups in total. The fourth-order valence-electron chi connectivity index (χ4n) is 1.67. The monoisotopic (exact) mass is 260 g/mol. The largest absolute Gasteiger partial charge is 0.322 e. The Morgan fingerprint density at radius 2 is 2.12 bits per heavy atom. The van der Waals surface area contributed by atoms with Crippen LogP contribution >= 0.6 is 11.6 Å². The van der Waals surface area contributed by atoms with Crippen molar-refractivity contribution in [2.75, 3.05) is 11.4 Å². The van der Waals surface area contributed by atoms with E-state index in [2.05, 4.69) is 0 Å². The Morgan fingerprint density at radius 3 is 2.65 bits per heavy atom. The van der Waals surface area contributed by atoms with Gasteiger partial charge in [0.1, 0.15) is 10.8 Å². The number of nitrogens with zero attached hydrogens (tertiary/aromatic N) is 1. The van der Waals surface area contributed by atoms with Crippen LogP contribution < -0.4 is 10.6 Å². The van der Waals surface area contributed by atoms with Crippen molar-refractivity contribution < 1.29 is 13.6 Å². The zero-order valence-electron chi connectivity index (χ0n) is 8.92. The normalized spacial score (nSPS) is 14.8. The molecule has 1 aliphatic rings. The van der Waals surface area contributed by atoms with Crippen molar-refractivity contribution in [3.05, 3.63) is 28.8 Å². The van der Waals surface area contributed by atoms with Crippen molar-refractivity contribution in [1.82, 2.24) is 0 Å². The van der Waals surface area contributed by atoms with Gasteiger partial charge in [0.25, 0.3) is 0 Å². The summed E-state index contributed by atoms with van der Waals surface area (Å²) in [5, 5.41) is -0.599. The third-order valence-corrected chi connectivity index (χ3v) is 2.98. The molecule has 0 aliphatic heterocycles. The van der Waals surface area contributed by atoms with Gasteiger partial charge in [0, 0.05) is 6.04 Å². The topological polar surface area (TPSA) is 46.3 Å². The number of carbonyl (C=O) groups excluding carboxylic acids is 1. The summed E-state index contributed by atoms with van der Waals surface area (Å²) in [7, 11) is 0. The maximum atomic E-state index is 13.8. The van der Waals surface area contributed by atoms with Gasteiger partial charge in [0.15, 0.2) is 5.82 Å². The third kappa shape index (κ3) is 2.25. The lowest BCUT2D eigenvalue weighted by atomic mass is 10.2. The van der Waals surface area contributed by atoms with Crippen molar-refractivity contribution in [3.63, 3.8) is 0 Å². The minimum absolute atomic E-state index is 0.00523. The van der Waals surface area contributed by atoms with Gasteiger partial charge in [-0.15, -0.1) is 0 Å². The van der Waals surface area contributed by atoms with E-state index >= 15 is 0 Å². The van der Waals surface area contributed by atoms with E-state index in [1.807, 2.05) is 0 Å². The van der Waals surface area contributed by atoms with Crippen LogP contribution in [0.3, 0.4) is 0 Å². The molecule has 0 radical (unpaired) electrons. The van der Waals surface area contributed by atoms with Crippen LogP contribution in [0.1, 0.15) is 12.8 Å². The SMILES string of the molecule is NCC(=O)N(c1ccc(F)c(Cl)c1F)C1CC1. The van der Waals surface area contributed by atoms with Crippen LogP contribution in [-0.2, 0) is 4.79 Å². The molecule has 1 aliphatic carbocycles. The van der Waals surface area contributed by atoms with Crippen molar-refractivity contribution in [3.8, 4) is 0 Å². The molecule has 6 heteroatoms. The standard InChI is InChI=1S/C11H11ClF2N2O/c12-10-7(13)3-4-8(11(10)14)16(6-1-2-6)9(17)5-15/h3-4,6H,1-2,5,15H2. The Labute approximate surface area is 102 Å². The van der Waals surface area contributed by atoms with Crippen LogP contribution in [0.4, 0.5) is 14.5 Å². The molecule has 0 bridgehead atoms. The van der Waals surface area contributed by atoms with Crippen molar-refractivity contribution in [2.45, 2.75) is 18.9 Å². The van der Waals surface area contributed by atoms with E-state index in [0.717, 1.165) is 18.9 Å². The number of rotatable bonds is 3. The summed E-state index contributed by atoms with van der Waals surface area (Å²) in [5.41, 5.74) is 5.27. The molecule has 0 saturated heterocycles. The first-order valence-corrected chi connectivity index (χ1v) is 5.59. The highest BCUT2D eigenvalue weighted by atomic mass is 35.5. The average Bonchev–Trinajstić information content (AvgIpc) is 3.13. The highest BCUT2D eigenvalue weighted by molar-refractivity contribution is 6.31. The summed E-state index contributed by atoms with van der Waals surface area (Å²) >= 11 is 5.48. The number of anilines is 1. The number of halogens is 3. The highest BCUT2D eigenvalue weighted by Crippen LogP contribution is 2.35. The molecule has 1 aromatic rings. The molecule has 1 amide bonds. The second-order valence-corrected chi connectivity index (χ2v) is 4.27. The maximum absolute atomic E-state index is 13.8. The fraction of sp³-hybridized carbons (Fsp3) is 0.364. The molecule has 0 atom stereocenters. The van der Waals surface area contributed by atoms with Gasteiger partial charge >= 0.3 is 0 Å². The summed E-state index contributed by atoms with van der Waals surface area (Å²) < 4.78 is 26.8. The number of carbonyl (C=O) groups is 1. The van der Waals surface area contributed by atoms with Gasteiger partial charge in [0.05, 0.1) is 12.2 Å². The summed E-state index contributed by atoms with van der Waals surface area (Å²) in [6.07, 6.45) is 1.58. The Morgan fingerprint density at radius 1 is 1.47 bits per heavy atom. The van der Waals surface area contributed by atoms with E-state index in [1.165, 1.54) is 11.0 Å². The fourth-order valence-corrected chi connectivity index (χ4v) is 1.83. The minimum Gasteiger partial charge on any atom is -0.322 e. The first-order valence-electron chi connectivity index (χ1n) is 5.22. The number of hydrogen-bond donors (Lipinski definition) is 1. The smallest absolute Gasteiger partial charge is 0.241 e. The molecule has 0 spiro atoms. The van der Waals surface area contributed by atoms with Crippen LogP contribution in [-0.4, -0.2) is 18.5 Å². The highest BCUT2D eigenvalue weighted by Gasteiger charge is 2.35. The lowest BCUT2D eigenvalue weighted by Gasteiger charge is -2.22. The van der Waals surface area contributed by atoms with Crippen LogP contribution in [0.15, 0.2) is 12.1 Å². The van der Waals surface area contributed by atoms with Crippen LogP contribution in [0, 0.1) is 11.6 Å². The Balaban J connectivity index is 2.43. The van der Waals surface area contributed by atoms with E-state index in [9.17, 15) is 13.6 Å². The molecule has 0 unspecified atom stereocenters. The van der Waals surface area contributed by atoms with Crippen LogP contribution in [0.5, 0.6) is 0 Å². The number of nitrogens with two attached hydrogens (primary N) is 1. The number of hydrogen-bond acceptors (Lipinski definition) is 2. The molecule has 1 aromatic carbocycles. The maximum Gasteiger partial charge on any atom is 0.241 e. The van der Waals surface area contributed by atoms with E-state index in [0.29, 0.717) is 0 Å². The van der Waals surface area contributed by atoms with Crippen molar-refractivity contribution >= 4 is 23.2 Å². The van der Waals surface area contributed by atoms with Crippen molar-refractivity contribution in [1.29, 1.82) is 0 Å². The molecule has 3 nitrogen and oxygen atoms in total. The van der Waals surface area contributed by atoms with Gasteiger partial charge in [-0.05, 0) is 25.0 Å². The summed E-state index contributed by atoms with van der Waals surface area (Å²) in [4.78, 5) is 12.9. The molecule has 1 fully saturated rings. The summed E-state index contributed by atoms with van der Waals surface area (Å²) in [5.74, 6) is -2.15. The first kappa shape index (κ1) is 12.3. The van der Waals surface area contributed by atoms with E-state index in [4.69, 9.17) is 17.3 Å². The first-order chi connectivity index (χ1) is 8.06. The van der Waals surface area contributed by atoms with Gasteiger partial charge in [-0.1, -0.05) is 11.6 Å². The quantitative estimate of drug-likeness (QED) is 0.846. The van der Waals surface area contributed by atoms with Crippen LogP contribution in [0.25, 0.3) is 0 Å². The van der Waals surface area contributed by atoms with E-state index in [1.54, 1.807) is 0 Å². The third-order valence-electron chi connectivity index (χ3n) is 2.63. The van der Waals surface area contributed by atoms with Crippen LogP contribution in [0.2, 0.25) is 5.02 Å². The second kappa shape index (κ2) is 4.58. The summed E-state index contributed by atoms with van der Waals surface area (Å²) in [6.45, 7) is -0.217. The zero-order valence-corrected chi connectivity index (χ0v) is 9.68. The van der Waals surface area contributed by atoms with Gasteiger partial charge in [0.2, 0.25) is 5.91 Å². The molecular formula is C11H11ClF2N2O. The van der Waals surface area contributed by atoms with E-state index < -0.39 is 22.6 Å². The lowest BCUT2D eigenvalue weighted by molar-refractivity contribution is -0.117. The molecule has 92 valence electrons. The Bertz CT molecular complexity index is 463. The lowest BCUT2D eigenvalue weighted by Crippen LogP contribution is -2.38. The minimum atomic E-state index is -0.916. The molecule has 1 saturated carbocycles. The molecule has 0 aromatic heterocycles. The Kier molecular flexibility index (Phi) is 3.31. The summed E-state index contributed by atoms with van der Waals surface area (Å²) in [6, 6.07) is 2.20. The predicted molar refractivity (Wildman–Crippen MR) is 60.9 cm³/mol. The number of amides is 1. The molecular weight excluding hydrogens is 250 g/mol.